The lowest BCUT2D eigenvalue weighted by Crippen LogP contribution is -2.47. The van der Waals surface area contributed by atoms with Gasteiger partial charge in [0.15, 0.2) is 0 Å². The molecule has 28 heavy (non-hydrogen) atoms. The number of amides is 1. The molecule has 5 nitrogen and oxygen atoms in total. The molecule has 2 saturated heterocycles. The van der Waals surface area contributed by atoms with Crippen LogP contribution < -0.4 is 0 Å². The Morgan fingerprint density at radius 1 is 1.14 bits per heavy atom. The van der Waals surface area contributed by atoms with Crippen LogP contribution in [-0.4, -0.2) is 58.0 Å². The van der Waals surface area contributed by atoms with E-state index in [0.29, 0.717) is 29.7 Å². The first-order valence-corrected chi connectivity index (χ1v) is 10.7. The Hall–Kier alpha value is -1.88. The molecule has 1 spiro atoms. The minimum atomic E-state index is 0.294. The maximum Gasteiger partial charge on any atom is 0.224 e. The summed E-state index contributed by atoms with van der Waals surface area (Å²) in [6.07, 6.45) is 6.10. The van der Waals surface area contributed by atoms with E-state index in [1.54, 1.807) is 0 Å². The Bertz CT molecular complexity index is 836. The van der Waals surface area contributed by atoms with Crippen molar-refractivity contribution < 1.29 is 4.79 Å². The topological polar surface area (TPSA) is 41.4 Å². The quantitative estimate of drug-likeness (QED) is 0.808. The summed E-state index contributed by atoms with van der Waals surface area (Å²) in [6, 6.07) is 8.12. The molecule has 0 saturated carbocycles. The van der Waals surface area contributed by atoms with Crippen LogP contribution in [0.2, 0.25) is 0 Å². The predicted molar refractivity (Wildman–Crippen MR) is 113 cm³/mol. The molecule has 1 atom stereocenters. The van der Waals surface area contributed by atoms with Gasteiger partial charge in [-0.05, 0) is 43.4 Å². The third-order valence-electron chi connectivity index (χ3n) is 6.32. The Morgan fingerprint density at radius 2 is 1.96 bits per heavy atom. The van der Waals surface area contributed by atoms with Crippen LogP contribution >= 0.6 is 0 Å². The largest absolute Gasteiger partial charge is 0.342 e. The van der Waals surface area contributed by atoms with Crippen molar-refractivity contribution in [2.24, 2.45) is 10.8 Å². The minimum Gasteiger partial charge on any atom is -0.342 e. The average Bonchev–Trinajstić information content (AvgIpc) is 3.23. The van der Waals surface area contributed by atoms with Gasteiger partial charge < -0.3 is 14.4 Å². The lowest BCUT2D eigenvalue weighted by molar-refractivity contribution is -0.131. The molecule has 2 aliphatic rings. The molecule has 0 unspecified atom stereocenters. The molecule has 3 heterocycles. The summed E-state index contributed by atoms with van der Waals surface area (Å²) in [5, 5.41) is 0. The molecule has 2 aromatic rings. The first kappa shape index (κ1) is 19.4. The summed E-state index contributed by atoms with van der Waals surface area (Å²) in [5.74, 6) is 0.294. The maximum atomic E-state index is 12.9. The zero-order chi connectivity index (χ0) is 19.8. The number of rotatable bonds is 4. The Balaban J connectivity index is 1.34. The Labute approximate surface area is 168 Å². The summed E-state index contributed by atoms with van der Waals surface area (Å²) in [5.41, 5.74) is 2.76. The smallest absolute Gasteiger partial charge is 0.224 e. The van der Waals surface area contributed by atoms with Gasteiger partial charge in [0.1, 0.15) is 0 Å². The number of piperidine rings is 1. The second-order valence-electron chi connectivity index (χ2n) is 10.1. The van der Waals surface area contributed by atoms with Crippen LogP contribution in [0.15, 0.2) is 30.6 Å². The SMILES string of the molecule is CC(C)(C)CN1CCC[C@]2(CCN(C(=O)CCn3cnc4ccccc43)C2)C1. The lowest BCUT2D eigenvalue weighted by Gasteiger charge is -2.42. The molecule has 1 aromatic heterocycles. The van der Waals surface area contributed by atoms with Crippen molar-refractivity contribution >= 4 is 16.9 Å². The highest BCUT2D eigenvalue weighted by molar-refractivity contribution is 5.78. The van der Waals surface area contributed by atoms with Crippen LogP contribution in [0.4, 0.5) is 0 Å². The third kappa shape index (κ3) is 4.24. The van der Waals surface area contributed by atoms with Crippen molar-refractivity contribution in [1.82, 2.24) is 19.4 Å². The van der Waals surface area contributed by atoms with E-state index in [2.05, 4.69) is 46.2 Å². The standard InChI is InChI=1S/C23H34N4O/c1-22(2,3)15-25-12-6-10-23(16-25)11-14-26(17-23)21(28)9-13-27-18-24-19-7-4-5-8-20(19)27/h4-5,7-8,18H,6,9-17H2,1-3H3/t23-/m0/s1. The molecular formula is C23H34N4O. The van der Waals surface area contributed by atoms with E-state index in [1.165, 1.54) is 19.4 Å². The predicted octanol–water partition coefficient (Wildman–Crippen LogP) is 3.79. The molecular weight excluding hydrogens is 348 g/mol. The fraction of sp³-hybridized carbons (Fsp3) is 0.652. The van der Waals surface area contributed by atoms with Gasteiger partial charge in [-0.1, -0.05) is 32.9 Å². The van der Waals surface area contributed by atoms with Gasteiger partial charge in [-0.3, -0.25) is 4.79 Å². The van der Waals surface area contributed by atoms with E-state index in [4.69, 9.17) is 0 Å². The number of aryl methyl sites for hydroxylation is 1. The highest BCUT2D eigenvalue weighted by Crippen LogP contribution is 2.39. The fourth-order valence-corrected chi connectivity index (χ4v) is 5.16. The van der Waals surface area contributed by atoms with E-state index in [1.807, 2.05) is 24.5 Å². The molecule has 5 heteroatoms. The van der Waals surface area contributed by atoms with E-state index in [0.717, 1.165) is 43.6 Å². The molecule has 2 aliphatic heterocycles. The van der Waals surface area contributed by atoms with Crippen molar-refractivity contribution in [2.45, 2.75) is 53.0 Å². The number of carbonyl (C=O) groups is 1. The van der Waals surface area contributed by atoms with Gasteiger partial charge in [0.05, 0.1) is 17.4 Å². The Morgan fingerprint density at radius 3 is 2.79 bits per heavy atom. The van der Waals surface area contributed by atoms with Gasteiger partial charge in [0, 0.05) is 44.6 Å². The fourth-order valence-electron chi connectivity index (χ4n) is 5.16. The molecule has 0 bridgehead atoms. The zero-order valence-corrected chi connectivity index (χ0v) is 17.7. The number of imidazole rings is 1. The van der Waals surface area contributed by atoms with Crippen molar-refractivity contribution in [3.63, 3.8) is 0 Å². The normalized spacial score (nSPS) is 23.8. The highest BCUT2D eigenvalue weighted by atomic mass is 16.2. The third-order valence-corrected chi connectivity index (χ3v) is 6.32. The second kappa shape index (κ2) is 7.51. The van der Waals surface area contributed by atoms with E-state index >= 15 is 0 Å². The van der Waals surface area contributed by atoms with Crippen LogP contribution in [0.5, 0.6) is 0 Å². The number of benzene rings is 1. The highest BCUT2D eigenvalue weighted by Gasteiger charge is 2.42. The summed E-state index contributed by atoms with van der Waals surface area (Å²) in [4.78, 5) is 22.1. The summed E-state index contributed by atoms with van der Waals surface area (Å²) >= 11 is 0. The molecule has 0 N–H and O–H groups in total. The van der Waals surface area contributed by atoms with Crippen molar-refractivity contribution in [3.05, 3.63) is 30.6 Å². The van der Waals surface area contributed by atoms with Gasteiger partial charge in [0.2, 0.25) is 5.91 Å². The Kier molecular flexibility index (Phi) is 5.21. The van der Waals surface area contributed by atoms with Crippen LogP contribution in [0.3, 0.4) is 0 Å². The lowest BCUT2D eigenvalue weighted by atomic mass is 9.78. The van der Waals surface area contributed by atoms with Gasteiger partial charge in [-0.2, -0.15) is 0 Å². The summed E-state index contributed by atoms with van der Waals surface area (Å²) < 4.78 is 2.10. The van der Waals surface area contributed by atoms with Crippen molar-refractivity contribution in [1.29, 1.82) is 0 Å². The number of hydrogen-bond acceptors (Lipinski definition) is 3. The summed E-state index contributed by atoms with van der Waals surface area (Å²) in [7, 11) is 0. The zero-order valence-electron chi connectivity index (χ0n) is 17.7. The average molecular weight is 383 g/mol. The summed E-state index contributed by atoms with van der Waals surface area (Å²) in [6.45, 7) is 13.0. The van der Waals surface area contributed by atoms with E-state index in [-0.39, 0.29) is 0 Å². The number of fused-ring (bicyclic) bond motifs is 1. The minimum absolute atomic E-state index is 0.294. The molecule has 152 valence electrons. The van der Waals surface area contributed by atoms with Gasteiger partial charge in [-0.15, -0.1) is 0 Å². The number of hydrogen-bond donors (Lipinski definition) is 0. The van der Waals surface area contributed by atoms with E-state index in [9.17, 15) is 4.79 Å². The first-order chi connectivity index (χ1) is 13.3. The molecule has 1 amide bonds. The van der Waals surface area contributed by atoms with Crippen LogP contribution in [0.1, 0.15) is 46.5 Å². The molecule has 0 radical (unpaired) electrons. The van der Waals surface area contributed by atoms with Gasteiger partial charge >= 0.3 is 0 Å². The molecule has 0 aliphatic carbocycles. The monoisotopic (exact) mass is 382 g/mol. The number of likely N-dealkylation sites (tertiary alicyclic amines) is 2. The number of carbonyl (C=O) groups excluding carboxylic acids is 1. The number of para-hydroxylation sites is 2. The first-order valence-electron chi connectivity index (χ1n) is 10.7. The van der Waals surface area contributed by atoms with Crippen LogP contribution in [0, 0.1) is 10.8 Å². The number of nitrogens with zero attached hydrogens (tertiary/aromatic N) is 4. The van der Waals surface area contributed by atoms with Crippen molar-refractivity contribution in [3.8, 4) is 0 Å². The maximum absolute atomic E-state index is 12.9. The molecule has 1 aromatic carbocycles. The van der Waals surface area contributed by atoms with Crippen LogP contribution in [-0.2, 0) is 11.3 Å². The second-order valence-corrected chi connectivity index (χ2v) is 10.1. The van der Waals surface area contributed by atoms with Gasteiger partial charge in [0.25, 0.3) is 0 Å². The number of aromatic nitrogens is 2. The van der Waals surface area contributed by atoms with Gasteiger partial charge in [-0.25, -0.2) is 4.98 Å². The van der Waals surface area contributed by atoms with E-state index < -0.39 is 0 Å². The molecule has 2 fully saturated rings. The molecule has 4 rings (SSSR count). The van der Waals surface area contributed by atoms with Crippen molar-refractivity contribution in [2.75, 3.05) is 32.7 Å². The van der Waals surface area contributed by atoms with Crippen LogP contribution in [0.25, 0.3) is 11.0 Å².